The summed E-state index contributed by atoms with van der Waals surface area (Å²) in [6.07, 6.45) is 4.63. The lowest BCUT2D eigenvalue weighted by molar-refractivity contribution is 0.285. The fraction of sp³-hybridized carbons (Fsp3) is 0.500. The predicted octanol–water partition coefficient (Wildman–Crippen LogP) is 4.13. The molecule has 1 aliphatic carbocycles. The van der Waals surface area contributed by atoms with Crippen LogP contribution in [-0.4, -0.2) is 22.7 Å². The average Bonchev–Trinajstić information content (AvgIpc) is 2.99. The van der Waals surface area contributed by atoms with Gasteiger partial charge in [0.15, 0.2) is 0 Å². The molecule has 1 N–H and O–H groups in total. The van der Waals surface area contributed by atoms with Gasteiger partial charge in [-0.1, -0.05) is 28.0 Å². The van der Waals surface area contributed by atoms with Crippen LogP contribution in [0.3, 0.4) is 0 Å². The Hall–Kier alpha value is -1.20. The van der Waals surface area contributed by atoms with E-state index in [1.165, 1.54) is 12.8 Å². The Morgan fingerprint density at radius 1 is 1.19 bits per heavy atom. The summed E-state index contributed by atoms with van der Waals surface area (Å²) >= 11 is 3.43. The molecule has 1 heterocycles. The summed E-state index contributed by atoms with van der Waals surface area (Å²) in [6, 6.07) is 8.64. The monoisotopic (exact) mass is 349 g/mol. The van der Waals surface area contributed by atoms with Crippen molar-refractivity contribution in [1.82, 2.24) is 15.5 Å². The van der Waals surface area contributed by atoms with Gasteiger partial charge in [0.25, 0.3) is 0 Å². The van der Waals surface area contributed by atoms with Crippen LogP contribution in [0.25, 0.3) is 11.4 Å². The van der Waals surface area contributed by atoms with E-state index in [1.807, 2.05) is 24.3 Å². The van der Waals surface area contributed by atoms with E-state index in [0.29, 0.717) is 17.8 Å². The molecule has 0 bridgehead atoms. The summed E-state index contributed by atoms with van der Waals surface area (Å²) in [6.45, 7) is 3.21. The van der Waals surface area contributed by atoms with E-state index in [0.717, 1.165) is 35.3 Å². The minimum absolute atomic E-state index is 0.414. The third kappa shape index (κ3) is 3.52. The third-order valence-electron chi connectivity index (χ3n) is 4.11. The van der Waals surface area contributed by atoms with Gasteiger partial charge in [0.2, 0.25) is 11.7 Å². The maximum absolute atomic E-state index is 5.49. The zero-order valence-electron chi connectivity index (χ0n) is 12.2. The number of rotatable bonds is 4. The first kappa shape index (κ1) is 14.7. The largest absolute Gasteiger partial charge is 0.339 e. The molecule has 2 aromatic rings. The van der Waals surface area contributed by atoms with Gasteiger partial charge in [-0.3, -0.25) is 0 Å². The van der Waals surface area contributed by atoms with Gasteiger partial charge in [-0.2, -0.15) is 4.98 Å². The van der Waals surface area contributed by atoms with Crippen LogP contribution in [0.1, 0.15) is 44.4 Å². The first-order valence-corrected chi connectivity index (χ1v) is 8.38. The molecule has 5 heteroatoms. The molecule has 112 valence electrons. The maximum Gasteiger partial charge on any atom is 0.230 e. The van der Waals surface area contributed by atoms with E-state index in [-0.39, 0.29) is 0 Å². The molecular formula is C16H20BrN3O. The average molecular weight is 350 g/mol. The number of nitrogens with one attached hydrogen (secondary N) is 1. The highest BCUT2D eigenvalue weighted by Gasteiger charge is 2.26. The Morgan fingerprint density at radius 3 is 2.57 bits per heavy atom. The van der Waals surface area contributed by atoms with Gasteiger partial charge in [-0.25, -0.2) is 0 Å². The van der Waals surface area contributed by atoms with Crippen LogP contribution in [0.15, 0.2) is 33.3 Å². The van der Waals surface area contributed by atoms with Crippen molar-refractivity contribution in [3.8, 4) is 11.4 Å². The predicted molar refractivity (Wildman–Crippen MR) is 86.1 cm³/mol. The number of aromatic nitrogens is 2. The number of benzene rings is 1. The Balaban J connectivity index is 1.67. The van der Waals surface area contributed by atoms with Gasteiger partial charge in [-0.05, 0) is 56.5 Å². The first-order valence-electron chi connectivity index (χ1n) is 7.59. The molecule has 3 rings (SSSR count). The summed E-state index contributed by atoms with van der Waals surface area (Å²) in [5.41, 5.74) is 0.995. The van der Waals surface area contributed by atoms with Crippen LogP contribution in [0.2, 0.25) is 0 Å². The highest BCUT2D eigenvalue weighted by Crippen LogP contribution is 2.33. The Morgan fingerprint density at radius 2 is 1.90 bits per heavy atom. The second kappa shape index (κ2) is 6.71. The molecule has 0 saturated heterocycles. The van der Waals surface area contributed by atoms with Crippen LogP contribution in [-0.2, 0) is 0 Å². The lowest BCUT2D eigenvalue weighted by Crippen LogP contribution is -2.32. The van der Waals surface area contributed by atoms with Gasteiger partial charge in [0, 0.05) is 22.0 Å². The van der Waals surface area contributed by atoms with E-state index >= 15 is 0 Å². The van der Waals surface area contributed by atoms with Crippen LogP contribution >= 0.6 is 15.9 Å². The molecular weight excluding hydrogens is 330 g/mol. The summed E-state index contributed by atoms with van der Waals surface area (Å²) in [7, 11) is 0. The number of hydrogen-bond acceptors (Lipinski definition) is 4. The smallest absolute Gasteiger partial charge is 0.230 e. The summed E-state index contributed by atoms with van der Waals surface area (Å²) in [5.74, 6) is 1.89. The van der Waals surface area contributed by atoms with Crippen molar-refractivity contribution >= 4 is 15.9 Å². The van der Waals surface area contributed by atoms with Crippen molar-refractivity contribution in [2.45, 2.75) is 44.6 Å². The number of halogens is 1. The normalized spacial score (nSPS) is 22.4. The Labute approximate surface area is 133 Å². The molecule has 0 amide bonds. The number of hydrogen-bond donors (Lipinski definition) is 1. The molecule has 0 radical (unpaired) electrons. The second-order valence-electron chi connectivity index (χ2n) is 5.57. The molecule has 1 aliphatic rings. The van der Waals surface area contributed by atoms with E-state index < -0.39 is 0 Å². The van der Waals surface area contributed by atoms with Crippen LogP contribution in [0.5, 0.6) is 0 Å². The molecule has 1 saturated carbocycles. The van der Waals surface area contributed by atoms with Crippen molar-refractivity contribution in [2.75, 3.05) is 6.54 Å². The van der Waals surface area contributed by atoms with Crippen LogP contribution in [0.4, 0.5) is 0 Å². The quantitative estimate of drug-likeness (QED) is 0.901. The van der Waals surface area contributed by atoms with Gasteiger partial charge in [-0.15, -0.1) is 0 Å². The lowest BCUT2D eigenvalue weighted by Gasteiger charge is -2.26. The Kier molecular flexibility index (Phi) is 4.70. The number of nitrogens with zero attached hydrogens (tertiary/aromatic N) is 2. The molecule has 0 unspecified atom stereocenters. The molecule has 4 nitrogen and oxygen atoms in total. The van der Waals surface area contributed by atoms with Crippen molar-refractivity contribution in [3.05, 3.63) is 34.6 Å². The van der Waals surface area contributed by atoms with Gasteiger partial charge < -0.3 is 9.84 Å². The first-order chi connectivity index (χ1) is 10.3. The lowest BCUT2D eigenvalue weighted by atomic mass is 9.86. The third-order valence-corrected chi connectivity index (χ3v) is 4.64. The summed E-state index contributed by atoms with van der Waals surface area (Å²) < 4.78 is 6.54. The minimum atomic E-state index is 0.414. The summed E-state index contributed by atoms with van der Waals surface area (Å²) in [5, 5.41) is 7.65. The second-order valence-corrected chi connectivity index (χ2v) is 6.49. The summed E-state index contributed by atoms with van der Waals surface area (Å²) in [4.78, 5) is 4.59. The molecule has 1 aromatic carbocycles. The molecule has 0 aliphatic heterocycles. The maximum atomic E-state index is 5.49. The zero-order chi connectivity index (χ0) is 14.7. The highest BCUT2D eigenvalue weighted by atomic mass is 79.9. The minimum Gasteiger partial charge on any atom is -0.339 e. The van der Waals surface area contributed by atoms with E-state index in [9.17, 15) is 0 Å². The van der Waals surface area contributed by atoms with E-state index in [2.05, 4.69) is 38.3 Å². The molecule has 0 atom stereocenters. The standard InChI is InChI=1S/C16H20BrN3O/c1-2-18-14-9-5-12(6-10-14)16-19-15(20-21-16)11-3-7-13(17)8-4-11/h3-4,7-8,12,14,18H,2,5-6,9-10H2,1H3. The van der Waals surface area contributed by atoms with Crippen molar-refractivity contribution < 1.29 is 4.52 Å². The fourth-order valence-corrected chi connectivity index (χ4v) is 3.21. The molecule has 21 heavy (non-hydrogen) atoms. The molecule has 1 aromatic heterocycles. The van der Waals surface area contributed by atoms with Gasteiger partial charge in [0.05, 0.1) is 0 Å². The SMILES string of the molecule is CCNC1CCC(c2nc(-c3ccc(Br)cc3)no2)CC1. The van der Waals surface area contributed by atoms with Gasteiger partial charge >= 0.3 is 0 Å². The van der Waals surface area contributed by atoms with Crippen molar-refractivity contribution in [2.24, 2.45) is 0 Å². The molecule has 0 spiro atoms. The fourth-order valence-electron chi connectivity index (χ4n) is 2.95. The van der Waals surface area contributed by atoms with Crippen molar-refractivity contribution in [1.29, 1.82) is 0 Å². The molecule has 1 fully saturated rings. The van der Waals surface area contributed by atoms with Crippen molar-refractivity contribution in [3.63, 3.8) is 0 Å². The van der Waals surface area contributed by atoms with Gasteiger partial charge in [0.1, 0.15) is 0 Å². The Bertz CT molecular complexity index is 573. The highest BCUT2D eigenvalue weighted by molar-refractivity contribution is 9.10. The topological polar surface area (TPSA) is 51.0 Å². The zero-order valence-corrected chi connectivity index (χ0v) is 13.8. The van der Waals surface area contributed by atoms with E-state index in [1.54, 1.807) is 0 Å². The van der Waals surface area contributed by atoms with Crippen LogP contribution in [0, 0.1) is 0 Å². The van der Waals surface area contributed by atoms with Crippen LogP contribution < -0.4 is 5.32 Å². The van der Waals surface area contributed by atoms with E-state index in [4.69, 9.17) is 4.52 Å².